The van der Waals surface area contributed by atoms with Crippen LogP contribution >= 0.6 is 11.6 Å². The van der Waals surface area contributed by atoms with Gasteiger partial charge in [-0.05, 0) is 6.07 Å². The lowest BCUT2D eigenvalue weighted by Crippen LogP contribution is -2.35. The van der Waals surface area contributed by atoms with Crippen molar-refractivity contribution in [2.45, 2.75) is 12.5 Å². The molecule has 1 unspecified atom stereocenters. The third kappa shape index (κ3) is 3.41. The van der Waals surface area contributed by atoms with Gasteiger partial charge >= 0.3 is 0 Å². The minimum absolute atomic E-state index is 0.00622. The number of hydrogen-bond donors (Lipinski definition) is 2. The summed E-state index contributed by atoms with van der Waals surface area (Å²) < 4.78 is 26.0. The van der Waals surface area contributed by atoms with E-state index < -0.39 is 23.6 Å². The summed E-state index contributed by atoms with van der Waals surface area (Å²) in [5.74, 6) is -0.295. The molecule has 17 heavy (non-hydrogen) atoms. The number of nitrogens with two attached hydrogens (primary N) is 1. The molecule has 1 rings (SSSR count). The van der Waals surface area contributed by atoms with Crippen molar-refractivity contribution in [3.05, 3.63) is 28.8 Å². The number of carbonyl (C=O) groups excluding carboxylic acids is 1. The van der Waals surface area contributed by atoms with Gasteiger partial charge < -0.3 is 11.1 Å². The minimum Gasteiger partial charge on any atom is -0.321 e. The smallest absolute Gasteiger partial charge is 0.242 e. The van der Waals surface area contributed by atoms with Gasteiger partial charge in [0.05, 0.1) is 16.8 Å². The fourth-order valence-electron chi connectivity index (χ4n) is 1.10. The first kappa shape index (κ1) is 13.4. The van der Waals surface area contributed by atoms with Gasteiger partial charge in [0.1, 0.15) is 5.82 Å². The Balaban J connectivity index is 2.90. The molecule has 0 aromatic heterocycles. The molecule has 0 radical (unpaired) electrons. The van der Waals surface area contributed by atoms with Crippen LogP contribution in [0.4, 0.5) is 14.5 Å². The van der Waals surface area contributed by atoms with Gasteiger partial charge in [0, 0.05) is 12.5 Å². The zero-order chi connectivity index (χ0) is 13.0. The van der Waals surface area contributed by atoms with E-state index in [0.717, 1.165) is 6.07 Å². The third-order valence-corrected chi connectivity index (χ3v) is 2.23. The molecule has 1 aromatic carbocycles. The van der Waals surface area contributed by atoms with Gasteiger partial charge in [-0.1, -0.05) is 11.6 Å². The topological polar surface area (TPSA) is 55.1 Å². The molecular formula is C11H9ClF2N2O. The first-order valence-electron chi connectivity index (χ1n) is 4.60. The Kier molecular flexibility index (Phi) is 4.44. The molecule has 0 fully saturated rings. The second-order valence-electron chi connectivity index (χ2n) is 3.25. The number of terminal acetylenes is 1. The highest BCUT2D eigenvalue weighted by atomic mass is 35.5. The van der Waals surface area contributed by atoms with Crippen LogP contribution in [0.1, 0.15) is 6.42 Å². The summed E-state index contributed by atoms with van der Waals surface area (Å²) in [5.41, 5.74) is 5.10. The minimum atomic E-state index is -0.976. The molecule has 0 saturated heterocycles. The van der Waals surface area contributed by atoms with Crippen LogP contribution in [0.3, 0.4) is 0 Å². The van der Waals surface area contributed by atoms with Gasteiger partial charge in [0.15, 0.2) is 5.82 Å². The molecule has 0 aliphatic rings. The van der Waals surface area contributed by atoms with E-state index in [-0.39, 0.29) is 17.1 Å². The standard InChI is InChI=1S/C11H9ClF2N2O/c1-2-3-9(15)11(17)16-10-7(12)4-6(13)5-8(10)14/h1,4-5,9H,3,15H2,(H,16,17). The first-order chi connectivity index (χ1) is 7.95. The maximum atomic E-state index is 13.3. The first-order valence-corrected chi connectivity index (χ1v) is 4.98. The van der Waals surface area contributed by atoms with E-state index >= 15 is 0 Å². The summed E-state index contributed by atoms with van der Waals surface area (Å²) in [6, 6.07) is 0.516. The lowest BCUT2D eigenvalue weighted by atomic mass is 10.2. The SMILES string of the molecule is C#CCC(N)C(=O)Nc1c(F)cc(F)cc1Cl. The highest BCUT2D eigenvalue weighted by Crippen LogP contribution is 2.26. The number of benzene rings is 1. The molecule has 0 heterocycles. The molecule has 1 aromatic rings. The Morgan fingerprint density at radius 3 is 2.76 bits per heavy atom. The van der Waals surface area contributed by atoms with Gasteiger partial charge in [-0.15, -0.1) is 12.3 Å². The van der Waals surface area contributed by atoms with E-state index in [1.54, 1.807) is 0 Å². The summed E-state index contributed by atoms with van der Waals surface area (Å²) in [7, 11) is 0. The van der Waals surface area contributed by atoms with Gasteiger partial charge in [-0.25, -0.2) is 8.78 Å². The summed E-state index contributed by atoms with van der Waals surface area (Å²) in [6.07, 6.45) is 4.99. The number of carbonyl (C=O) groups is 1. The number of hydrogen-bond acceptors (Lipinski definition) is 2. The van der Waals surface area contributed by atoms with Gasteiger partial charge in [-0.2, -0.15) is 0 Å². The zero-order valence-corrected chi connectivity index (χ0v) is 9.39. The molecule has 6 heteroatoms. The second kappa shape index (κ2) is 5.62. The Hall–Kier alpha value is -1.64. The van der Waals surface area contributed by atoms with E-state index in [2.05, 4.69) is 11.2 Å². The second-order valence-corrected chi connectivity index (χ2v) is 3.66. The highest BCUT2D eigenvalue weighted by molar-refractivity contribution is 6.33. The quantitative estimate of drug-likeness (QED) is 0.814. The van der Waals surface area contributed by atoms with Crippen LogP contribution in [0, 0.1) is 24.0 Å². The average molecular weight is 259 g/mol. The lowest BCUT2D eigenvalue weighted by molar-refractivity contribution is -0.117. The Morgan fingerprint density at radius 1 is 1.59 bits per heavy atom. The van der Waals surface area contributed by atoms with Crippen LogP contribution < -0.4 is 11.1 Å². The predicted molar refractivity (Wildman–Crippen MR) is 61.4 cm³/mol. The molecule has 1 amide bonds. The zero-order valence-electron chi connectivity index (χ0n) is 8.64. The number of rotatable bonds is 3. The molecule has 0 aliphatic heterocycles. The van der Waals surface area contributed by atoms with Crippen LogP contribution in [0.25, 0.3) is 0 Å². The predicted octanol–water partition coefficient (Wildman–Crippen LogP) is 1.91. The van der Waals surface area contributed by atoms with Gasteiger partial charge in [0.2, 0.25) is 5.91 Å². The highest BCUT2D eigenvalue weighted by Gasteiger charge is 2.17. The number of anilines is 1. The van der Waals surface area contributed by atoms with Crippen LogP contribution in [0.5, 0.6) is 0 Å². The fourth-order valence-corrected chi connectivity index (χ4v) is 1.34. The molecule has 0 spiro atoms. The molecule has 0 saturated carbocycles. The molecule has 3 N–H and O–H groups in total. The van der Waals surface area contributed by atoms with Crippen molar-refractivity contribution < 1.29 is 13.6 Å². The van der Waals surface area contributed by atoms with Gasteiger partial charge in [-0.3, -0.25) is 4.79 Å². The molecule has 0 aliphatic carbocycles. The van der Waals surface area contributed by atoms with Gasteiger partial charge in [0.25, 0.3) is 0 Å². The normalized spacial score (nSPS) is 11.7. The summed E-state index contributed by atoms with van der Waals surface area (Å²) in [4.78, 5) is 11.4. The van der Waals surface area contributed by atoms with Crippen LogP contribution in [-0.2, 0) is 4.79 Å². The number of amides is 1. The molecular weight excluding hydrogens is 250 g/mol. The van der Waals surface area contributed by atoms with Crippen molar-refractivity contribution in [3.8, 4) is 12.3 Å². The van der Waals surface area contributed by atoms with Crippen molar-refractivity contribution in [2.75, 3.05) is 5.32 Å². The Morgan fingerprint density at radius 2 is 2.24 bits per heavy atom. The van der Waals surface area contributed by atoms with E-state index in [1.807, 2.05) is 0 Å². The van der Waals surface area contributed by atoms with Crippen molar-refractivity contribution in [2.24, 2.45) is 5.73 Å². The van der Waals surface area contributed by atoms with Crippen LogP contribution in [0.2, 0.25) is 5.02 Å². The van der Waals surface area contributed by atoms with Crippen molar-refractivity contribution in [3.63, 3.8) is 0 Å². The van der Waals surface area contributed by atoms with E-state index in [4.69, 9.17) is 23.8 Å². The number of halogens is 3. The van der Waals surface area contributed by atoms with Crippen molar-refractivity contribution in [1.82, 2.24) is 0 Å². The molecule has 0 bridgehead atoms. The van der Waals surface area contributed by atoms with Crippen LogP contribution in [-0.4, -0.2) is 11.9 Å². The fraction of sp³-hybridized carbons (Fsp3) is 0.182. The average Bonchev–Trinajstić information content (AvgIpc) is 2.23. The van der Waals surface area contributed by atoms with E-state index in [1.165, 1.54) is 0 Å². The largest absolute Gasteiger partial charge is 0.321 e. The van der Waals surface area contributed by atoms with Crippen molar-refractivity contribution in [1.29, 1.82) is 0 Å². The van der Waals surface area contributed by atoms with E-state index in [0.29, 0.717) is 6.07 Å². The molecule has 1 atom stereocenters. The number of nitrogens with one attached hydrogen (secondary N) is 1. The maximum absolute atomic E-state index is 13.3. The molecule has 90 valence electrons. The third-order valence-electron chi connectivity index (χ3n) is 1.93. The molecule has 3 nitrogen and oxygen atoms in total. The van der Waals surface area contributed by atoms with Crippen LogP contribution in [0.15, 0.2) is 12.1 Å². The monoisotopic (exact) mass is 258 g/mol. The maximum Gasteiger partial charge on any atom is 0.242 e. The van der Waals surface area contributed by atoms with E-state index in [9.17, 15) is 13.6 Å². The lowest BCUT2D eigenvalue weighted by Gasteiger charge is -2.11. The van der Waals surface area contributed by atoms with Crippen molar-refractivity contribution >= 4 is 23.2 Å². The summed E-state index contributed by atoms with van der Waals surface area (Å²) in [5, 5.41) is 1.91. The Labute approximate surface area is 102 Å². The summed E-state index contributed by atoms with van der Waals surface area (Å²) >= 11 is 5.58. The summed E-state index contributed by atoms with van der Waals surface area (Å²) in [6.45, 7) is 0. The Bertz CT molecular complexity index is 462.